The first-order valence-electron chi connectivity index (χ1n) is 6.32. The molecule has 2 unspecified atom stereocenters. The van der Waals surface area contributed by atoms with Crippen molar-refractivity contribution in [3.63, 3.8) is 0 Å². The van der Waals surface area contributed by atoms with Crippen molar-refractivity contribution in [3.05, 3.63) is 0 Å². The fourth-order valence-corrected chi connectivity index (χ4v) is 1.48. The number of rotatable bonds is 7. The van der Waals surface area contributed by atoms with Crippen LogP contribution >= 0.6 is 0 Å². The highest BCUT2D eigenvalue weighted by Gasteiger charge is 2.32. The average Bonchev–Trinajstić information content (AvgIpc) is 2.97. The molecule has 1 aliphatic rings. The number of aliphatic imine (C=N–C) groups is 1. The predicted molar refractivity (Wildman–Crippen MR) is 67.8 cm³/mol. The summed E-state index contributed by atoms with van der Waals surface area (Å²) in [5.41, 5.74) is 0. The molecule has 94 valence electrons. The van der Waals surface area contributed by atoms with Gasteiger partial charge in [-0.05, 0) is 18.8 Å². The van der Waals surface area contributed by atoms with Crippen LogP contribution in [-0.4, -0.2) is 38.8 Å². The fraction of sp³-hybridized carbons (Fsp3) is 0.917. The number of nitrogens with one attached hydrogen (secondary N) is 2. The number of ether oxygens (including phenoxy) is 1. The highest BCUT2D eigenvalue weighted by atomic mass is 16.5. The Hall–Kier alpha value is -0.770. The summed E-state index contributed by atoms with van der Waals surface area (Å²) < 4.78 is 5.47. The Bertz CT molecular complexity index is 218. The van der Waals surface area contributed by atoms with Gasteiger partial charge in [-0.3, -0.25) is 4.99 Å². The standard InChI is InChI=1S/C12H25N3O/c1-4-5-7-16-8-6-14-12(13-3)15-11-9-10(11)2/h10-11H,4-9H2,1-3H3,(H2,13,14,15). The monoisotopic (exact) mass is 227 g/mol. The van der Waals surface area contributed by atoms with Crippen LogP contribution in [0.3, 0.4) is 0 Å². The molecule has 0 aromatic carbocycles. The van der Waals surface area contributed by atoms with Gasteiger partial charge in [-0.2, -0.15) is 0 Å². The Balaban J connectivity index is 1.97. The lowest BCUT2D eigenvalue weighted by atomic mass is 10.4. The van der Waals surface area contributed by atoms with Crippen molar-refractivity contribution in [1.29, 1.82) is 0 Å². The summed E-state index contributed by atoms with van der Waals surface area (Å²) in [5, 5.41) is 6.63. The van der Waals surface area contributed by atoms with Crippen LogP contribution in [0.2, 0.25) is 0 Å². The van der Waals surface area contributed by atoms with Gasteiger partial charge in [0.15, 0.2) is 5.96 Å². The molecule has 0 bridgehead atoms. The lowest BCUT2D eigenvalue weighted by molar-refractivity contribution is 0.136. The smallest absolute Gasteiger partial charge is 0.191 e. The van der Waals surface area contributed by atoms with Gasteiger partial charge in [0.2, 0.25) is 0 Å². The van der Waals surface area contributed by atoms with Crippen LogP contribution < -0.4 is 10.6 Å². The third-order valence-electron chi connectivity index (χ3n) is 2.84. The van der Waals surface area contributed by atoms with Gasteiger partial charge < -0.3 is 15.4 Å². The first-order chi connectivity index (χ1) is 7.77. The Labute approximate surface area is 98.9 Å². The molecule has 16 heavy (non-hydrogen) atoms. The van der Waals surface area contributed by atoms with E-state index in [1.165, 1.54) is 12.8 Å². The summed E-state index contributed by atoms with van der Waals surface area (Å²) in [7, 11) is 1.81. The van der Waals surface area contributed by atoms with Gasteiger partial charge >= 0.3 is 0 Å². The molecule has 0 heterocycles. The Morgan fingerprint density at radius 1 is 1.44 bits per heavy atom. The number of hydrogen-bond donors (Lipinski definition) is 2. The highest BCUT2D eigenvalue weighted by Crippen LogP contribution is 2.28. The van der Waals surface area contributed by atoms with E-state index in [1.807, 2.05) is 0 Å². The van der Waals surface area contributed by atoms with E-state index < -0.39 is 0 Å². The van der Waals surface area contributed by atoms with Crippen molar-refractivity contribution in [1.82, 2.24) is 10.6 Å². The maximum Gasteiger partial charge on any atom is 0.191 e. The summed E-state index contributed by atoms with van der Waals surface area (Å²) >= 11 is 0. The predicted octanol–water partition coefficient (Wildman–Crippen LogP) is 1.38. The molecule has 4 nitrogen and oxygen atoms in total. The Kier molecular flexibility index (Phi) is 6.23. The van der Waals surface area contributed by atoms with Crippen molar-refractivity contribution in [3.8, 4) is 0 Å². The van der Waals surface area contributed by atoms with Gasteiger partial charge in [-0.15, -0.1) is 0 Å². The summed E-state index contributed by atoms with van der Waals surface area (Å²) in [6.07, 6.45) is 3.59. The highest BCUT2D eigenvalue weighted by molar-refractivity contribution is 5.80. The van der Waals surface area contributed by atoms with Gasteiger partial charge in [0.25, 0.3) is 0 Å². The number of guanidine groups is 1. The van der Waals surface area contributed by atoms with Gasteiger partial charge in [0, 0.05) is 26.2 Å². The molecular formula is C12H25N3O. The van der Waals surface area contributed by atoms with E-state index in [9.17, 15) is 0 Å². The number of hydrogen-bond acceptors (Lipinski definition) is 2. The average molecular weight is 227 g/mol. The van der Waals surface area contributed by atoms with Crippen LogP contribution in [0.25, 0.3) is 0 Å². The Morgan fingerprint density at radius 3 is 2.75 bits per heavy atom. The lowest BCUT2D eigenvalue weighted by Gasteiger charge is -2.11. The molecule has 1 fully saturated rings. The Morgan fingerprint density at radius 2 is 2.19 bits per heavy atom. The SMILES string of the molecule is CCCCOCCNC(=NC)NC1CC1C. The van der Waals surface area contributed by atoms with E-state index in [0.29, 0.717) is 6.04 Å². The van der Waals surface area contributed by atoms with Crippen molar-refractivity contribution < 1.29 is 4.74 Å². The van der Waals surface area contributed by atoms with Crippen molar-refractivity contribution in [2.45, 2.75) is 39.2 Å². The quantitative estimate of drug-likeness (QED) is 0.392. The molecule has 0 aromatic heterocycles. The molecule has 2 N–H and O–H groups in total. The zero-order valence-corrected chi connectivity index (χ0v) is 10.8. The summed E-state index contributed by atoms with van der Waals surface area (Å²) in [4.78, 5) is 4.18. The summed E-state index contributed by atoms with van der Waals surface area (Å²) in [6, 6.07) is 0.618. The minimum absolute atomic E-state index is 0.618. The van der Waals surface area contributed by atoms with Crippen LogP contribution in [0.1, 0.15) is 33.1 Å². The lowest BCUT2D eigenvalue weighted by Crippen LogP contribution is -2.40. The van der Waals surface area contributed by atoms with Crippen LogP contribution in [0.15, 0.2) is 4.99 Å². The normalized spacial score (nSPS) is 24.3. The van der Waals surface area contributed by atoms with E-state index in [1.54, 1.807) is 7.05 Å². The van der Waals surface area contributed by atoms with Gasteiger partial charge in [0.1, 0.15) is 0 Å². The van der Waals surface area contributed by atoms with E-state index >= 15 is 0 Å². The molecule has 1 aliphatic carbocycles. The first kappa shape index (κ1) is 13.3. The van der Waals surface area contributed by atoms with Gasteiger partial charge in [-0.25, -0.2) is 0 Å². The molecule has 0 amide bonds. The third kappa shape index (κ3) is 5.35. The zero-order chi connectivity index (χ0) is 11.8. The zero-order valence-electron chi connectivity index (χ0n) is 10.8. The van der Waals surface area contributed by atoms with E-state index in [0.717, 1.165) is 38.1 Å². The molecule has 0 spiro atoms. The first-order valence-corrected chi connectivity index (χ1v) is 6.32. The van der Waals surface area contributed by atoms with E-state index in [4.69, 9.17) is 4.74 Å². The molecule has 4 heteroatoms. The molecule has 0 saturated heterocycles. The molecule has 1 rings (SSSR count). The molecule has 0 aliphatic heterocycles. The van der Waals surface area contributed by atoms with Crippen LogP contribution in [0, 0.1) is 5.92 Å². The molecule has 0 aromatic rings. The third-order valence-corrected chi connectivity index (χ3v) is 2.84. The molecule has 0 radical (unpaired) electrons. The maximum absolute atomic E-state index is 5.47. The van der Waals surface area contributed by atoms with Crippen molar-refractivity contribution >= 4 is 5.96 Å². The minimum atomic E-state index is 0.618. The van der Waals surface area contributed by atoms with E-state index in [-0.39, 0.29) is 0 Å². The van der Waals surface area contributed by atoms with Crippen LogP contribution in [0.4, 0.5) is 0 Å². The van der Waals surface area contributed by atoms with Crippen molar-refractivity contribution in [2.75, 3.05) is 26.8 Å². The summed E-state index contributed by atoms with van der Waals surface area (Å²) in [5.74, 6) is 1.69. The van der Waals surface area contributed by atoms with Crippen LogP contribution in [0.5, 0.6) is 0 Å². The van der Waals surface area contributed by atoms with Gasteiger partial charge in [0.05, 0.1) is 6.61 Å². The fourth-order valence-electron chi connectivity index (χ4n) is 1.48. The van der Waals surface area contributed by atoms with Gasteiger partial charge in [-0.1, -0.05) is 20.3 Å². The topological polar surface area (TPSA) is 45.6 Å². The summed E-state index contributed by atoms with van der Waals surface area (Å²) in [6.45, 7) is 6.86. The van der Waals surface area contributed by atoms with Crippen LogP contribution in [-0.2, 0) is 4.74 Å². The number of unbranched alkanes of at least 4 members (excludes halogenated alkanes) is 1. The maximum atomic E-state index is 5.47. The largest absolute Gasteiger partial charge is 0.380 e. The minimum Gasteiger partial charge on any atom is -0.380 e. The second kappa shape index (κ2) is 7.49. The number of nitrogens with zero attached hydrogens (tertiary/aromatic N) is 1. The molecular weight excluding hydrogens is 202 g/mol. The second-order valence-electron chi connectivity index (χ2n) is 4.43. The molecule has 2 atom stereocenters. The second-order valence-corrected chi connectivity index (χ2v) is 4.43. The van der Waals surface area contributed by atoms with E-state index in [2.05, 4.69) is 29.5 Å². The molecule has 1 saturated carbocycles. The van der Waals surface area contributed by atoms with Crippen molar-refractivity contribution in [2.24, 2.45) is 10.9 Å².